The quantitative estimate of drug-likeness (QED) is 0.943. The molecule has 2 aromatic rings. The smallest absolute Gasteiger partial charge is 0.335 e. The van der Waals surface area contributed by atoms with Gasteiger partial charge in [-0.15, -0.1) is 0 Å². The SMILES string of the molecule is O=C(O)c1cccc(CN2CCCc3ccccc3CC2)c1. The van der Waals surface area contributed by atoms with Crippen molar-refractivity contribution in [2.75, 3.05) is 13.1 Å². The van der Waals surface area contributed by atoms with E-state index < -0.39 is 5.97 Å². The minimum absolute atomic E-state index is 0.370. The van der Waals surface area contributed by atoms with E-state index in [-0.39, 0.29) is 0 Å². The molecule has 0 aliphatic carbocycles. The van der Waals surface area contributed by atoms with Gasteiger partial charge in [0, 0.05) is 13.1 Å². The van der Waals surface area contributed by atoms with Crippen molar-refractivity contribution in [3.05, 3.63) is 70.8 Å². The van der Waals surface area contributed by atoms with Crippen LogP contribution in [-0.2, 0) is 19.4 Å². The highest BCUT2D eigenvalue weighted by Crippen LogP contribution is 2.17. The summed E-state index contributed by atoms with van der Waals surface area (Å²) < 4.78 is 0. The van der Waals surface area contributed by atoms with Crippen LogP contribution in [0.1, 0.15) is 33.5 Å². The second kappa shape index (κ2) is 6.75. The van der Waals surface area contributed by atoms with Crippen LogP contribution in [0.15, 0.2) is 48.5 Å². The predicted molar refractivity (Wildman–Crippen MR) is 87.1 cm³/mol. The molecule has 0 atom stereocenters. The number of carbonyl (C=O) groups is 1. The Morgan fingerprint density at radius 3 is 2.55 bits per heavy atom. The van der Waals surface area contributed by atoms with Crippen molar-refractivity contribution in [2.24, 2.45) is 0 Å². The van der Waals surface area contributed by atoms with Crippen molar-refractivity contribution in [3.8, 4) is 0 Å². The molecular weight excluding hydrogens is 274 g/mol. The normalized spacial score (nSPS) is 15.6. The molecule has 0 saturated heterocycles. The maximum absolute atomic E-state index is 11.1. The zero-order valence-corrected chi connectivity index (χ0v) is 12.7. The predicted octanol–water partition coefficient (Wildman–Crippen LogP) is 3.38. The number of nitrogens with zero attached hydrogens (tertiary/aromatic N) is 1. The first-order chi connectivity index (χ1) is 10.7. The summed E-state index contributed by atoms with van der Waals surface area (Å²) in [6.45, 7) is 2.91. The van der Waals surface area contributed by atoms with Crippen molar-refractivity contribution < 1.29 is 9.90 Å². The summed E-state index contributed by atoms with van der Waals surface area (Å²) in [4.78, 5) is 13.5. The van der Waals surface area contributed by atoms with Gasteiger partial charge in [0.2, 0.25) is 0 Å². The number of aromatic carboxylic acids is 1. The van der Waals surface area contributed by atoms with Crippen LogP contribution in [0, 0.1) is 0 Å². The van der Waals surface area contributed by atoms with E-state index in [9.17, 15) is 4.79 Å². The molecule has 1 aliphatic heterocycles. The molecule has 2 aromatic carbocycles. The molecule has 1 aliphatic rings. The van der Waals surface area contributed by atoms with E-state index in [0.717, 1.165) is 44.5 Å². The van der Waals surface area contributed by atoms with E-state index >= 15 is 0 Å². The number of hydrogen-bond donors (Lipinski definition) is 1. The summed E-state index contributed by atoms with van der Waals surface area (Å²) in [6.07, 6.45) is 3.34. The lowest BCUT2D eigenvalue weighted by Gasteiger charge is -2.26. The van der Waals surface area contributed by atoms with Gasteiger partial charge in [0.15, 0.2) is 0 Å². The van der Waals surface area contributed by atoms with Crippen LogP contribution in [0.4, 0.5) is 0 Å². The molecule has 0 unspecified atom stereocenters. The number of hydrogen-bond acceptors (Lipinski definition) is 2. The summed E-state index contributed by atoms with van der Waals surface area (Å²) >= 11 is 0. The molecule has 22 heavy (non-hydrogen) atoms. The first-order valence-corrected chi connectivity index (χ1v) is 7.84. The second-order valence-electron chi connectivity index (χ2n) is 5.90. The van der Waals surface area contributed by atoms with E-state index in [2.05, 4.69) is 29.2 Å². The highest BCUT2D eigenvalue weighted by Gasteiger charge is 2.13. The maximum atomic E-state index is 11.1. The van der Waals surface area contributed by atoms with Gasteiger partial charge in [-0.1, -0.05) is 36.4 Å². The van der Waals surface area contributed by atoms with Gasteiger partial charge < -0.3 is 5.11 Å². The van der Waals surface area contributed by atoms with Crippen molar-refractivity contribution in [1.82, 2.24) is 4.90 Å². The topological polar surface area (TPSA) is 40.5 Å². The van der Waals surface area contributed by atoms with Gasteiger partial charge in [-0.25, -0.2) is 4.79 Å². The van der Waals surface area contributed by atoms with E-state index in [1.54, 1.807) is 12.1 Å². The number of aryl methyl sites for hydroxylation is 1. The van der Waals surface area contributed by atoms with E-state index in [0.29, 0.717) is 5.56 Å². The molecule has 1 heterocycles. The fraction of sp³-hybridized carbons (Fsp3) is 0.316. The third-order valence-electron chi connectivity index (χ3n) is 4.32. The van der Waals surface area contributed by atoms with E-state index in [1.165, 1.54) is 11.1 Å². The summed E-state index contributed by atoms with van der Waals surface area (Å²) in [7, 11) is 0. The van der Waals surface area contributed by atoms with E-state index in [1.807, 2.05) is 12.1 Å². The average Bonchev–Trinajstić information content (AvgIpc) is 2.51. The minimum Gasteiger partial charge on any atom is -0.478 e. The third kappa shape index (κ3) is 3.55. The van der Waals surface area contributed by atoms with Crippen LogP contribution in [0.2, 0.25) is 0 Å². The fourth-order valence-electron chi connectivity index (χ4n) is 3.15. The van der Waals surface area contributed by atoms with Gasteiger partial charge in [0.1, 0.15) is 0 Å². The van der Waals surface area contributed by atoms with Crippen molar-refractivity contribution in [3.63, 3.8) is 0 Å². The Morgan fingerprint density at radius 2 is 1.77 bits per heavy atom. The Kier molecular flexibility index (Phi) is 4.54. The standard InChI is InChI=1S/C19H21NO2/c21-19(22)18-8-3-5-15(13-18)14-20-11-4-9-16-6-1-2-7-17(16)10-12-20/h1-3,5-8,13H,4,9-12,14H2,(H,21,22). The number of rotatable bonds is 3. The highest BCUT2D eigenvalue weighted by molar-refractivity contribution is 5.87. The van der Waals surface area contributed by atoms with E-state index in [4.69, 9.17) is 5.11 Å². The molecule has 0 saturated carbocycles. The maximum Gasteiger partial charge on any atom is 0.335 e. The van der Waals surface area contributed by atoms with Gasteiger partial charge >= 0.3 is 5.97 Å². The molecule has 3 heteroatoms. The van der Waals surface area contributed by atoms with Gasteiger partial charge in [-0.3, -0.25) is 4.90 Å². The lowest BCUT2D eigenvalue weighted by molar-refractivity contribution is 0.0696. The molecule has 3 rings (SSSR count). The molecule has 1 N–H and O–H groups in total. The molecule has 0 amide bonds. The van der Waals surface area contributed by atoms with Gasteiger partial charge in [0.25, 0.3) is 0 Å². The Morgan fingerprint density at radius 1 is 1.00 bits per heavy atom. The molecule has 0 bridgehead atoms. The molecule has 0 radical (unpaired) electrons. The zero-order chi connectivity index (χ0) is 15.4. The molecule has 0 fully saturated rings. The number of fused-ring (bicyclic) bond motifs is 1. The largest absolute Gasteiger partial charge is 0.478 e. The number of benzene rings is 2. The van der Waals surface area contributed by atoms with Gasteiger partial charge in [-0.05, 0) is 54.6 Å². The van der Waals surface area contributed by atoms with Gasteiger partial charge in [0.05, 0.1) is 5.56 Å². The molecule has 3 nitrogen and oxygen atoms in total. The van der Waals surface area contributed by atoms with Crippen LogP contribution >= 0.6 is 0 Å². The van der Waals surface area contributed by atoms with Gasteiger partial charge in [-0.2, -0.15) is 0 Å². The Labute approximate surface area is 131 Å². The Hall–Kier alpha value is -2.13. The van der Waals surface area contributed by atoms with Crippen LogP contribution in [0.25, 0.3) is 0 Å². The first kappa shape index (κ1) is 14.8. The summed E-state index contributed by atoms with van der Waals surface area (Å²) in [5.41, 5.74) is 4.38. The van der Waals surface area contributed by atoms with Crippen LogP contribution in [0.5, 0.6) is 0 Å². The lowest BCUT2D eigenvalue weighted by Crippen LogP contribution is -2.29. The van der Waals surface area contributed by atoms with Crippen LogP contribution < -0.4 is 0 Å². The van der Waals surface area contributed by atoms with Crippen molar-refractivity contribution in [2.45, 2.75) is 25.8 Å². The van der Waals surface area contributed by atoms with Crippen molar-refractivity contribution in [1.29, 1.82) is 0 Å². The summed E-state index contributed by atoms with van der Waals surface area (Å²) in [5.74, 6) is -0.858. The summed E-state index contributed by atoms with van der Waals surface area (Å²) in [6, 6.07) is 16.0. The average molecular weight is 295 g/mol. The Bertz CT molecular complexity index is 666. The number of carboxylic acid groups (broad SMARTS) is 1. The lowest BCUT2D eigenvalue weighted by atomic mass is 9.98. The highest BCUT2D eigenvalue weighted by atomic mass is 16.4. The molecule has 0 spiro atoms. The fourth-order valence-corrected chi connectivity index (χ4v) is 3.15. The van der Waals surface area contributed by atoms with Crippen LogP contribution in [-0.4, -0.2) is 29.1 Å². The molecular formula is C19H21NO2. The van der Waals surface area contributed by atoms with Crippen LogP contribution in [0.3, 0.4) is 0 Å². The third-order valence-corrected chi connectivity index (χ3v) is 4.32. The number of carboxylic acids is 1. The molecule has 114 valence electrons. The second-order valence-corrected chi connectivity index (χ2v) is 5.90. The minimum atomic E-state index is -0.858. The van der Waals surface area contributed by atoms with Crippen molar-refractivity contribution >= 4 is 5.97 Å². The zero-order valence-electron chi connectivity index (χ0n) is 12.7. The monoisotopic (exact) mass is 295 g/mol. The summed E-state index contributed by atoms with van der Waals surface area (Å²) in [5, 5.41) is 9.09. The Balaban J connectivity index is 1.69. The molecule has 0 aromatic heterocycles. The first-order valence-electron chi connectivity index (χ1n) is 7.84.